The van der Waals surface area contributed by atoms with E-state index in [0.717, 1.165) is 13.8 Å². The molecular formula is C28H50N2O33S4. The number of carbonyl (C=O) groups is 2. The number of nitrogens with one attached hydrogen (secondary N) is 2. The van der Waals surface area contributed by atoms with Crippen molar-refractivity contribution in [2.24, 2.45) is 0 Å². The molecule has 3 aliphatic rings. The Hall–Kier alpha value is -2.18. The molecule has 2 amide bonds. The molecular weight excluding hydrogens is 1020 g/mol. The first-order chi connectivity index (χ1) is 30.6. The molecule has 67 heavy (non-hydrogen) atoms. The van der Waals surface area contributed by atoms with Crippen molar-refractivity contribution in [1.82, 2.24) is 10.6 Å². The zero-order valence-electron chi connectivity index (χ0n) is 34.1. The molecule has 0 unspecified atom stereocenters. The van der Waals surface area contributed by atoms with E-state index in [1.54, 1.807) is 0 Å². The van der Waals surface area contributed by atoms with Gasteiger partial charge in [0.25, 0.3) is 0 Å². The summed E-state index contributed by atoms with van der Waals surface area (Å²) in [7, 11) is -21.4. The largest absolute Gasteiger partial charge is 0.397 e. The van der Waals surface area contributed by atoms with Crippen molar-refractivity contribution >= 4 is 53.4 Å². The first-order valence-corrected chi connectivity index (χ1v) is 24.1. The van der Waals surface area contributed by atoms with E-state index in [-0.39, 0.29) is 0 Å². The number of aliphatic hydroxyl groups is 9. The van der Waals surface area contributed by atoms with E-state index in [9.17, 15) is 98.3 Å². The predicted octanol–water partition coefficient (Wildman–Crippen LogP) is -10.5. The van der Waals surface area contributed by atoms with Crippen LogP contribution in [0.25, 0.3) is 0 Å². The van der Waals surface area contributed by atoms with Gasteiger partial charge in [-0.1, -0.05) is 0 Å². The van der Waals surface area contributed by atoms with Crippen LogP contribution in [0.15, 0.2) is 0 Å². The minimum Gasteiger partial charge on any atom is -0.394 e. The molecule has 3 rings (SSSR count). The molecule has 0 aliphatic carbocycles. The van der Waals surface area contributed by atoms with Crippen molar-refractivity contribution in [1.29, 1.82) is 0 Å². The summed E-state index contributed by atoms with van der Waals surface area (Å²) in [6.45, 7) is -5.02. The molecule has 35 nitrogen and oxygen atoms in total. The van der Waals surface area contributed by atoms with Crippen molar-refractivity contribution in [2.75, 3.05) is 33.0 Å². The smallest absolute Gasteiger partial charge is 0.394 e. The summed E-state index contributed by atoms with van der Waals surface area (Å²) < 4.78 is 178. The van der Waals surface area contributed by atoms with E-state index in [0.29, 0.717) is 0 Å². The number of hydrogen-bond acceptors (Lipinski definition) is 29. The summed E-state index contributed by atoms with van der Waals surface area (Å²) in [6, 6.07) is -3.91. The minimum atomic E-state index is -5.45. The van der Waals surface area contributed by atoms with Gasteiger partial charge in [-0.25, -0.2) is 16.7 Å². The maximum Gasteiger partial charge on any atom is 0.397 e. The lowest BCUT2D eigenvalue weighted by Crippen LogP contribution is -2.69. The van der Waals surface area contributed by atoms with E-state index in [1.165, 1.54) is 0 Å². The van der Waals surface area contributed by atoms with Crippen LogP contribution in [-0.2, 0) is 96.3 Å². The Morgan fingerprint density at radius 1 is 0.567 bits per heavy atom. The topological polar surface area (TPSA) is 550 Å². The number of rotatable bonds is 24. The van der Waals surface area contributed by atoms with Gasteiger partial charge in [0.15, 0.2) is 18.9 Å². The first-order valence-electron chi connectivity index (χ1n) is 18.6. The Morgan fingerprint density at radius 2 is 1.03 bits per heavy atom. The van der Waals surface area contributed by atoms with Gasteiger partial charge in [0.2, 0.25) is 11.8 Å². The molecule has 0 spiro atoms. The Bertz CT molecular complexity index is 2080. The molecule has 394 valence electrons. The lowest BCUT2D eigenvalue weighted by atomic mass is 9.94. The molecule has 3 heterocycles. The van der Waals surface area contributed by atoms with Gasteiger partial charge in [-0.3, -0.25) is 27.8 Å². The van der Waals surface area contributed by atoms with Gasteiger partial charge >= 0.3 is 41.6 Å². The highest BCUT2D eigenvalue weighted by Gasteiger charge is 2.55. The fourth-order valence-electron chi connectivity index (χ4n) is 6.51. The average molecular weight is 1070 g/mol. The highest BCUT2D eigenvalue weighted by molar-refractivity contribution is 7.81. The SMILES string of the molecule is CC(=O)N[C@H]1[C@H](O[C@H]2[C@@H](O)[C@@H](COS(=O)(=O)O)O[C@@H](O[C@@H]([C@H](O)[C@H](CO)NC(C)=O)[C@H](O)COS(=O)(=O)O)[C@@H]2O)O[C@H](COS(=O)(=O)O)[C@@H](O[C@@H]2O[C@H](COS(=O)(=O)O)[C@H](O)[C@H](O)[C@H]2O)[C@@H]1O. The van der Waals surface area contributed by atoms with Crippen molar-refractivity contribution in [2.45, 2.75) is 130 Å². The van der Waals surface area contributed by atoms with Gasteiger partial charge in [-0.2, -0.15) is 33.7 Å². The number of amides is 2. The van der Waals surface area contributed by atoms with Crippen LogP contribution >= 0.6 is 0 Å². The summed E-state index contributed by atoms with van der Waals surface area (Å²) in [5, 5.41) is 102. The lowest BCUT2D eigenvalue weighted by molar-refractivity contribution is -0.371. The fourth-order valence-corrected chi connectivity index (χ4v) is 7.74. The van der Waals surface area contributed by atoms with Crippen molar-refractivity contribution in [3.8, 4) is 0 Å². The molecule has 3 saturated heterocycles. The molecule has 0 radical (unpaired) electrons. The molecule has 0 aromatic rings. The molecule has 0 aromatic carbocycles. The van der Waals surface area contributed by atoms with E-state index < -0.39 is 203 Å². The van der Waals surface area contributed by atoms with Gasteiger partial charge < -0.3 is 85.0 Å². The third-order valence-corrected chi connectivity index (χ3v) is 11.2. The third kappa shape index (κ3) is 18.2. The van der Waals surface area contributed by atoms with Crippen LogP contribution in [0.1, 0.15) is 13.8 Å². The molecule has 3 fully saturated rings. The van der Waals surface area contributed by atoms with Gasteiger partial charge in [0, 0.05) is 13.8 Å². The average Bonchev–Trinajstić information content (AvgIpc) is 3.19. The van der Waals surface area contributed by atoms with Crippen LogP contribution in [0.4, 0.5) is 0 Å². The van der Waals surface area contributed by atoms with Crippen LogP contribution in [0, 0.1) is 0 Å². The highest BCUT2D eigenvalue weighted by Crippen LogP contribution is 2.34. The minimum absolute atomic E-state index is 0.826. The number of hydrogen-bond donors (Lipinski definition) is 15. The molecule has 0 saturated carbocycles. The highest BCUT2D eigenvalue weighted by atomic mass is 32.3. The van der Waals surface area contributed by atoms with Crippen molar-refractivity contribution in [3.05, 3.63) is 0 Å². The molecule has 3 aliphatic heterocycles. The van der Waals surface area contributed by atoms with Gasteiger partial charge in [0.1, 0.15) is 91.5 Å². The van der Waals surface area contributed by atoms with E-state index >= 15 is 0 Å². The standard InChI is InChI=1S/C28H50N2O33S4/c1-8(32)29-10(3-31)16(35)23(11(34)4-54-64(42,43)44)61-28-22(41)25(18(37)13(59-28)6-56-66(48,49)50)63-26-15(30-9(2)33)19(38)24(14(60-26)7-57-67(51,52)53)62-27-21(40)20(39)17(36)12(58-27)5-55-65(45,46)47/h10-28,31,34-41H,3-7H2,1-2H3,(H,29,32)(H,30,33)(H,42,43,44)(H,45,46,47)(H,48,49,50)(H,51,52,53)/t10-,11+,12+,13+,14+,15+,16+,17-,18-,19+,20-,21+,22+,23+,24+,25-,26-,27-,28-/m0/s1. The summed E-state index contributed by atoms with van der Waals surface area (Å²) in [4.78, 5) is 24.3. The summed E-state index contributed by atoms with van der Waals surface area (Å²) in [5.74, 6) is -1.98. The Labute approximate surface area is 379 Å². The van der Waals surface area contributed by atoms with Gasteiger partial charge in [-0.05, 0) is 0 Å². The normalized spacial score (nSPS) is 35.2. The molecule has 0 aromatic heterocycles. The second-order valence-corrected chi connectivity index (χ2v) is 18.9. The lowest BCUT2D eigenvalue weighted by Gasteiger charge is -2.49. The van der Waals surface area contributed by atoms with Crippen LogP contribution in [-0.4, -0.2) is 259 Å². The quantitative estimate of drug-likeness (QED) is 0.0399. The molecule has 39 heteroatoms. The monoisotopic (exact) mass is 1070 g/mol. The van der Waals surface area contributed by atoms with Gasteiger partial charge in [0.05, 0.1) is 39.1 Å². The number of carbonyl (C=O) groups excluding carboxylic acids is 2. The summed E-state index contributed by atoms with van der Waals surface area (Å²) in [5.41, 5.74) is 0. The van der Waals surface area contributed by atoms with Crippen LogP contribution in [0.2, 0.25) is 0 Å². The van der Waals surface area contributed by atoms with Crippen LogP contribution < -0.4 is 10.6 Å². The molecule has 19 atom stereocenters. The second kappa shape index (κ2) is 24.3. The maximum atomic E-state index is 12.5. The van der Waals surface area contributed by atoms with Crippen molar-refractivity contribution < 1.29 is 153 Å². The summed E-state index contributed by atoms with van der Waals surface area (Å²) in [6.07, 6.45) is -39.7. The number of ether oxygens (including phenoxy) is 6. The molecule has 0 bridgehead atoms. The maximum absolute atomic E-state index is 12.5. The van der Waals surface area contributed by atoms with Crippen molar-refractivity contribution in [3.63, 3.8) is 0 Å². The zero-order chi connectivity index (χ0) is 51.1. The third-order valence-electron chi connectivity index (χ3n) is 9.47. The Kier molecular flexibility index (Phi) is 21.4. The Balaban J connectivity index is 2.10. The first kappa shape index (κ1) is 59.1. The van der Waals surface area contributed by atoms with E-state index in [1.807, 2.05) is 5.32 Å². The fraction of sp³-hybridized carbons (Fsp3) is 0.929. The summed E-state index contributed by atoms with van der Waals surface area (Å²) >= 11 is 0. The second-order valence-electron chi connectivity index (χ2n) is 14.5. The number of aliphatic hydroxyl groups excluding tert-OH is 9. The predicted molar refractivity (Wildman–Crippen MR) is 201 cm³/mol. The van der Waals surface area contributed by atoms with E-state index in [2.05, 4.69) is 22.0 Å². The van der Waals surface area contributed by atoms with Crippen LogP contribution in [0.5, 0.6) is 0 Å². The van der Waals surface area contributed by atoms with E-state index in [4.69, 9.17) is 37.5 Å². The zero-order valence-corrected chi connectivity index (χ0v) is 37.4. The Morgan fingerprint density at radius 3 is 1.51 bits per heavy atom. The van der Waals surface area contributed by atoms with Crippen LogP contribution in [0.3, 0.4) is 0 Å². The molecule has 15 N–H and O–H groups in total. The van der Waals surface area contributed by atoms with Gasteiger partial charge in [-0.15, -0.1) is 0 Å².